The molecule has 0 saturated carbocycles. The Kier molecular flexibility index (Phi) is 4.52. The number of hydrogen-bond acceptors (Lipinski definition) is 4. The lowest BCUT2D eigenvalue weighted by Crippen LogP contribution is -2.12. The molecular weight excluding hydrogens is 296 g/mol. The van der Waals surface area contributed by atoms with E-state index in [0.717, 1.165) is 5.56 Å². The Morgan fingerprint density at radius 3 is 2.43 bits per heavy atom. The van der Waals surface area contributed by atoms with Gasteiger partial charge >= 0.3 is 0 Å². The van der Waals surface area contributed by atoms with Crippen LogP contribution in [0.3, 0.4) is 0 Å². The highest BCUT2D eigenvalue weighted by molar-refractivity contribution is 6.33. The standard InChI is InChI=1S/C14H11ClN2O4/c15-12-7-10(3-6-13(12)17(20)21)14(19)16-11-4-1-9(8-18)2-5-11/h1-7,18H,8H2,(H,16,19). The van der Waals surface area contributed by atoms with E-state index in [1.165, 1.54) is 18.2 Å². The maximum atomic E-state index is 12.0. The maximum absolute atomic E-state index is 12.0. The molecule has 2 N–H and O–H groups in total. The number of nitrogens with one attached hydrogen (secondary N) is 1. The van der Waals surface area contributed by atoms with Gasteiger partial charge in [0.15, 0.2) is 0 Å². The summed E-state index contributed by atoms with van der Waals surface area (Å²) in [5.74, 6) is -0.427. The zero-order chi connectivity index (χ0) is 15.4. The molecule has 6 nitrogen and oxygen atoms in total. The van der Waals surface area contributed by atoms with Gasteiger partial charge in [0.1, 0.15) is 5.02 Å². The molecule has 21 heavy (non-hydrogen) atoms. The molecule has 0 atom stereocenters. The van der Waals surface area contributed by atoms with Crippen LogP contribution in [-0.4, -0.2) is 15.9 Å². The van der Waals surface area contributed by atoms with Crippen molar-refractivity contribution in [1.29, 1.82) is 0 Å². The molecule has 2 aromatic carbocycles. The van der Waals surface area contributed by atoms with Crippen molar-refractivity contribution in [1.82, 2.24) is 0 Å². The van der Waals surface area contributed by atoms with E-state index in [4.69, 9.17) is 16.7 Å². The molecule has 1 amide bonds. The molecule has 0 aliphatic rings. The van der Waals surface area contributed by atoms with E-state index in [9.17, 15) is 14.9 Å². The topological polar surface area (TPSA) is 92.5 Å². The van der Waals surface area contributed by atoms with Crippen molar-refractivity contribution in [3.05, 3.63) is 68.7 Å². The number of aliphatic hydroxyl groups is 1. The zero-order valence-electron chi connectivity index (χ0n) is 10.7. The minimum Gasteiger partial charge on any atom is -0.392 e. The number of carbonyl (C=O) groups excluding carboxylic acids is 1. The number of anilines is 1. The van der Waals surface area contributed by atoms with Crippen molar-refractivity contribution < 1.29 is 14.8 Å². The first kappa shape index (κ1) is 15.0. The lowest BCUT2D eigenvalue weighted by atomic mass is 10.1. The van der Waals surface area contributed by atoms with Crippen LogP contribution < -0.4 is 5.32 Å². The van der Waals surface area contributed by atoms with E-state index in [1.807, 2.05) is 0 Å². The van der Waals surface area contributed by atoms with Gasteiger partial charge in [-0.05, 0) is 29.8 Å². The van der Waals surface area contributed by atoms with Crippen LogP contribution in [0.5, 0.6) is 0 Å². The van der Waals surface area contributed by atoms with Crippen LogP contribution in [0.1, 0.15) is 15.9 Å². The molecule has 0 heterocycles. The van der Waals surface area contributed by atoms with E-state index >= 15 is 0 Å². The van der Waals surface area contributed by atoms with Crippen LogP contribution in [0.15, 0.2) is 42.5 Å². The number of amides is 1. The van der Waals surface area contributed by atoms with Crippen LogP contribution >= 0.6 is 11.6 Å². The predicted molar refractivity (Wildman–Crippen MR) is 78.4 cm³/mol. The Morgan fingerprint density at radius 1 is 1.24 bits per heavy atom. The number of nitrogens with zero attached hydrogens (tertiary/aromatic N) is 1. The molecule has 0 spiro atoms. The summed E-state index contributed by atoms with van der Waals surface area (Å²) in [6, 6.07) is 10.4. The summed E-state index contributed by atoms with van der Waals surface area (Å²) in [6.45, 7) is -0.0772. The molecular formula is C14H11ClN2O4. The maximum Gasteiger partial charge on any atom is 0.287 e. The fourth-order valence-corrected chi connectivity index (χ4v) is 1.94. The molecule has 0 radical (unpaired) electrons. The third-order valence-corrected chi connectivity index (χ3v) is 3.10. The molecule has 2 aromatic rings. The monoisotopic (exact) mass is 306 g/mol. The quantitative estimate of drug-likeness (QED) is 0.671. The second-order valence-electron chi connectivity index (χ2n) is 4.23. The minimum atomic E-state index is -0.613. The Balaban J connectivity index is 2.16. The van der Waals surface area contributed by atoms with Crippen molar-refractivity contribution in [3.63, 3.8) is 0 Å². The van der Waals surface area contributed by atoms with Gasteiger partial charge in [0.05, 0.1) is 11.5 Å². The van der Waals surface area contributed by atoms with Gasteiger partial charge in [-0.1, -0.05) is 23.7 Å². The highest BCUT2D eigenvalue weighted by Crippen LogP contribution is 2.25. The van der Waals surface area contributed by atoms with Crippen molar-refractivity contribution in [2.75, 3.05) is 5.32 Å². The Bertz CT molecular complexity index is 686. The number of rotatable bonds is 4. The smallest absolute Gasteiger partial charge is 0.287 e. The number of aliphatic hydroxyl groups excluding tert-OH is 1. The molecule has 7 heteroatoms. The van der Waals surface area contributed by atoms with Crippen LogP contribution in [0, 0.1) is 10.1 Å². The SMILES string of the molecule is O=C(Nc1ccc(CO)cc1)c1ccc([N+](=O)[O-])c(Cl)c1. The summed E-state index contributed by atoms with van der Waals surface area (Å²) < 4.78 is 0. The Morgan fingerprint density at radius 2 is 1.90 bits per heavy atom. The van der Waals surface area contributed by atoms with Crippen LogP contribution in [0.4, 0.5) is 11.4 Å². The van der Waals surface area contributed by atoms with Crippen molar-refractivity contribution in [3.8, 4) is 0 Å². The van der Waals surface area contributed by atoms with Crippen molar-refractivity contribution in [2.45, 2.75) is 6.61 Å². The normalized spacial score (nSPS) is 10.2. The van der Waals surface area contributed by atoms with Crippen molar-refractivity contribution >= 4 is 28.9 Å². The number of benzene rings is 2. The Labute approximate surface area is 125 Å². The molecule has 0 bridgehead atoms. The van der Waals surface area contributed by atoms with Crippen molar-refractivity contribution in [2.24, 2.45) is 0 Å². The van der Waals surface area contributed by atoms with Gasteiger partial charge in [-0.15, -0.1) is 0 Å². The second kappa shape index (κ2) is 6.34. The van der Waals surface area contributed by atoms with E-state index < -0.39 is 10.8 Å². The summed E-state index contributed by atoms with van der Waals surface area (Å²) >= 11 is 5.76. The lowest BCUT2D eigenvalue weighted by Gasteiger charge is -2.06. The molecule has 0 aromatic heterocycles. The third kappa shape index (κ3) is 3.56. The number of carbonyl (C=O) groups is 1. The zero-order valence-corrected chi connectivity index (χ0v) is 11.5. The summed E-state index contributed by atoms with van der Waals surface area (Å²) in [5, 5.41) is 22.1. The predicted octanol–water partition coefficient (Wildman–Crippen LogP) is 2.99. The highest BCUT2D eigenvalue weighted by Gasteiger charge is 2.15. The third-order valence-electron chi connectivity index (χ3n) is 2.80. The Hall–Kier alpha value is -2.44. The van der Waals surface area contributed by atoms with Gasteiger partial charge in [0.25, 0.3) is 11.6 Å². The average Bonchev–Trinajstić information content (AvgIpc) is 2.47. The van der Waals surface area contributed by atoms with Gasteiger partial charge in [0.2, 0.25) is 0 Å². The highest BCUT2D eigenvalue weighted by atomic mass is 35.5. The molecule has 108 valence electrons. The number of nitro benzene ring substituents is 1. The number of halogens is 1. The second-order valence-corrected chi connectivity index (χ2v) is 4.64. The molecule has 2 rings (SSSR count). The largest absolute Gasteiger partial charge is 0.392 e. The summed E-state index contributed by atoms with van der Waals surface area (Å²) in [6.07, 6.45) is 0. The number of nitro groups is 1. The first-order valence-electron chi connectivity index (χ1n) is 5.96. The molecule has 0 unspecified atom stereocenters. The van der Waals surface area contributed by atoms with Gasteiger partial charge in [-0.3, -0.25) is 14.9 Å². The van der Waals surface area contributed by atoms with E-state index in [1.54, 1.807) is 24.3 Å². The van der Waals surface area contributed by atoms with Gasteiger partial charge in [-0.25, -0.2) is 0 Å². The minimum absolute atomic E-state index is 0.0772. The van der Waals surface area contributed by atoms with E-state index in [-0.39, 0.29) is 22.9 Å². The molecule has 0 saturated heterocycles. The summed E-state index contributed by atoms with van der Waals surface area (Å²) in [7, 11) is 0. The first-order valence-corrected chi connectivity index (χ1v) is 6.34. The van der Waals surface area contributed by atoms with E-state index in [0.29, 0.717) is 5.69 Å². The summed E-state index contributed by atoms with van der Waals surface area (Å²) in [5.41, 5.74) is 1.25. The fourth-order valence-electron chi connectivity index (χ4n) is 1.69. The molecule has 0 fully saturated rings. The molecule has 0 aliphatic heterocycles. The summed E-state index contributed by atoms with van der Waals surface area (Å²) in [4.78, 5) is 22.1. The lowest BCUT2D eigenvalue weighted by molar-refractivity contribution is -0.384. The van der Waals surface area contributed by atoms with Gasteiger partial charge in [-0.2, -0.15) is 0 Å². The van der Waals surface area contributed by atoms with Gasteiger partial charge in [0, 0.05) is 17.3 Å². The van der Waals surface area contributed by atoms with Gasteiger partial charge < -0.3 is 10.4 Å². The van der Waals surface area contributed by atoms with E-state index in [2.05, 4.69) is 5.32 Å². The van der Waals surface area contributed by atoms with Crippen LogP contribution in [0.25, 0.3) is 0 Å². The molecule has 0 aliphatic carbocycles. The number of hydrogen-bond donors (Lipinski definition) is 2. The average molecular weight is 307 g/mol. The fraction of sp³-hybridized carbons (Fsp3) is 0.0714. The first-order chi connectivity index (χ1) is 10.0. The van der Waals surface area contributed by atoms with Crippen LogP contribution in [0.2, 0.25) is 5.02 Å². The van der Waals surface area contributed by atoms with Crippen LogP contribution in [-0.2, 0) is 6.61 Å².